The van der Waals surface area contributed by atoms with Crippen molar-refractivity contribution in [2.24, 2.45) is 0 Å². The molecule has 2 aromatic rings. The summed E-state index contributed by atoms with van der Waals surface area (Å²) in [4.78, 5) is 18.5. The van der Waals surface area contributed by atoms with Crippen LogP contribution >= 0.6 is 0 Å². The molecule has 0 saturated carbocycles. The molecule has 2 N–H and O–H groups in total. The summed E-state index contributed by atoms with van der Waals surface area (Å²) >= 11 is 0. The van der Waals surface area contributed by atoms with E-state index in [1.807, 2.05) is 24.3 Å². The van der Waals surface area contributed by atoms with E-state index in [4.69, 9.17) is 5.26 Å². The summed E-state index contributed by atoms with van der Waals surface area (Å²) in [5.41, 5.74) is 3.09. The minimum atomic E-state index is -0.0702. The largest absolute Gasteiger partial charge is 0.356 e. The third-order valence-electron chi connectivity index (χ3n) is 2.68. The Balaban J connectivity index is 1.83. The molecular formula is C13H14N4O. The molecule has 92 valence electrons. The average molecular weight is 242 g/mol. The summed E-state index contributed by atoms with van der Waals surface area (Å²) in [6.45, 7) is 0.587. The first-order chi connectivity index (χ1) is 8.79. The van der Waals surface area contributed by atoms with E-state index < -0.39 is 0 Å². The predicted molar refractivity (Wildman–Crippen MR) is 67.7 cm³/mol. The molecule has 1 aromatic heterocycles. The second-order valence-corrected chi connectivity index (χ2v) is 4.01. The van der Waals surface area contributed by atoms with Crippen molar-refractivity contribution in [3.8, 4) is 6.07 Å². The quantitative estimate of drug-likeness (QED) is 0.834. The number of hydrogen-bond donors (Lipinski definition) is 2. The van der Waals surface area contributed by atoms with Crippen LogP contribution in [0.2, 0.25) is 0 Å². The molecule has 18 heavy (non-hydrogen) atoms. The molecule has 1 heterocycles. The van der Waals surface area contributed by atoms with Gasteiger partial charge in [-0.25, -0.2) is 4.98 Å². The number of benzene rings is 1. The van der Waals surface area contributed by atoms with E-state index in [0.717, 1.165) is 23.0 Å². The number of aromatic nitrogens is 2. The van der Waals surface area contributed by atoms with Gasteiger partial charge in [-0.1, -0.05) is 6.07 Å². The Hall–Kier alpha value is -2.35. The number of hydrogen-bond acceptors (Lipinski definition) is 3. The summed E-state index contributed by atoms with van der Waals surface area (Å²) in [5.74, 6) is -0.0702. The molecule has 0 aliphatic heterocycles. The van der Waals surface area contributed by atoms with Crippen LogP contribution in [0.1, 0.15) is 18.4 Å². The van der Waals surface area contributed by atoms with Crippen LogP contribution in [0.3, 0.4) is 0 Å². The Kier molecular flexibility index (Phi) is 3.92. The van der Waals surface area contributed by atoms with Crippen LogP contribution in [0.5, 0.6) is 0 Å². The highest BCUT2D eigenvalue weighted by Gasteiger charge is 2.01. The van der Waals surface area contributed by atoms with Crippen molar-refractivity contribution >= 4 is 16.9 Å². The van der Waals surface area contributed by atoms with E-state index in [0.29, 0.717) is 6.54 Å². The van der Waals surface area contributed by atoms with Crippen LogP contribution in [0.15, 0.2) is 24.5 Å². The maximum Gasteiger partial charge on any atom is 0.221 e. The molecule has 0 spiro atoms. The summed E-state index contributed by atoms with van der Waals surface area (Å²) in [6, 6.07) is 7.95. The van der Waals surface area contributed by atoms with Gasteiger partial charge in [-0.2, -0.15) is 5.26 Å². The molecule has 5 nitrogen and oxygen atoms in total. The van der Waals surface area contributed by atoms with Crippen LogP contribution in [0.4, 0.5) is 0 Å². The van der Waals surface area contributed by atoms with Gasteiger partial charge >= 0.3 is 0 Å². The number of aromatic amines is 1. The third kappa shape index (κ3) is 3.08. The van der Waals surface area contributed by atoms with Gasteiger partial charge in [0, 0.05) is 19.4 Å². The van der Waals surface area contributed by atoms with Crippen molar-refractivity contribution < 1.29 is 4.79 Å². The number of rotatable bonds is 5. The van der Waals surface area contributed by atoms with Crippen molar-refractivity contribution in [3.05, 3.63) is 30.1 Å². The molecule has 0 atom stereocenters. The molecule has 2 rings (SSSR count). The van der Waals surface area contributed by atoms with Gasteiger partial charge in [0.1, 0.15) is 0 Å². The molecule has 1 aromatic carbocycles. The van der Waals surface area contributed by atoms with Crippen LogP contribution in [0, 0.1) is 11.3 Å². The monoisotopic (exact) mass is 242 g/mol. The minimum Gasteiger partial charge on any atom is -0.356 e. The van der Waals surface area contributed by atoms with Gasteiger partial charge in [-0.3, -0.25) is 4.79 Å². The highest BCUT2D eigenvalue weighted by molar-refractivity contribution is 5.76. The highest BCUT2D eigenvalue weighted by Crippen LogP contribution is 2.11. The lowest BCUT2D eigenvalue weighted by molar-refractivity contribution is -0.120. The number of nitrogens with one attached hydrogen (secondary N) is 2. The molecule has 5 heteroatoms. The lowest BCUT2D eigenvalue weighted by atomic mass is 10.1. The van der Waals surface area contributed by atoms with Crippen molar-refractivity contribution in [1.29, 1.82) is 5.26 Å². The number of nitriles is 1. The summed E-state index contributed by atoms with van der Waals surface area (Å²) < 4.78 is 0. The Morgan fingerprint density at radius 2 is 2.39 bits per heavy atom. The fourth-order valence-corrected chi connectivity index (χ4v) is 1.74. The number of fused-ring (bicyclic) bond motifs is 1. The minimum absolute atomic E-state index is 0.0702. The fraction of sp³-hybridized carbons (Fsp3) is 0.308. The van der Waals surface area contributed by atoms with Gasteiger partial charge in [0.2, 0.25) is 5.91 Å². The van der Waals surface area contributed by atoms with Crippen LogP contribution in [0.25, 0.3) is 11.0 Å². The van der Waals surface area contributed by atoms with E-state index in [1.165, 1.54) is 0 Å². The second-order valence-electron chi connectivity index (χ2n) is 4.01. The fourth-order valence-electron chi connectivity index (χ4n) is 1.74. The first-order valence-electron chi connectivity index (χ1n) is 5.85. The predicted octanol–water partition coefficient (Wildman–Crippen LogP) is 1.53. The topological polar surface area (TPSA) is 81.6 Å². The normalized spacial score (nSPS) is 10.2. The van der Waals surface area contributed by atoms with E-state index in [9.17, 15) is 4.79 Å². The first-order valence-corrected chi connectivity index (χ1v) is 5.85. The van der Waals surface area contributed by atoms with Gasteiger partial charge in [-0.05, 0) is 24.1 Å². The molecule has 0 unspecified atom stereocenters. The number of H-pyrrole nitrogens is 1. The second kappa shape index (κ2) is 5.82. The molecule has 0 aliphatic rings. The standard InChI is InChI=1S/C13H14N4O/c14-6-1-2-13(18)15-7-5-10-3-4-11-12(8-10)17-9-16-11/h3-4,8-9H,1-2,5,7H2,(H,15,18)(H,16,17). The van der Waals surface area contributed by atoms with Crippen LogP contribution in [-0.4, -0.2) is 22.4 Å². The molecule has 0 bridgehead atoms. The zero-order valence-corrected chi connectivity index (χ0v) is 9.94. The van der Waals surface area contributed by atoms with Crippen molar-refractivity contribution in [2.75, 3.05) is 6.54 Å². The van der Waals surface area contributed by atoms with Crippen molar-refractivity contribution in [2.45, 2.75) is 19.3 Å². The zero-order valence-electron chi connectivity index (χ0n) is 9.94. The average Bonchev–Trinajstić information content (AvgIpc) is 2.83. The molecule has 0 saturated heterocycles. The Labute approximate surface area is 105 Å². The van der Waals surface area contributed by atoms with Gasteiger partial charge in [0.25, 0.3) is 0 Å². The van der Waals surface area contributed by atoms with Gasteiger partial charge in [0.15, 0.2) is 0 Å². The maximum atomic E-state index is 11.3. The van der Waals surface area contributed by atoms with Gasteiger partial charge in [0.05, 0.1) is 23.4 Å². The van der Waals surface area contributed by atoms with Gasteiger partial charge in [-0.15, -0.1) is 0 Å². The number of nitrogens with zero attached hydrogens (tertiary/aromatic N) is 2. The van der Waals surface area contributed by atoms with Crippen molar-refractivity contribution in [3.63, 3.8) is 0 Å². The lowest BCUT2D eigenvalue weighted by Crippen LogP contribution is -2.25. The van der Waals surface area contributed by atoms with Crippen LogP contribution in [-0.2, 0) is 11.2 Å². The molecule has 1 amide bonds. The smallest absolute Gasteiger partial charge is 0.221 e. The zero-order chi connectivity index (χ0) is 12.8. The summed E-state index contributed by atoms with van der Waals surface area (Å²) in [6.07, 6.45) is 2.98. The molecule has 0 aliphatic carbocycles. The highest BCUT2D eigenvalue weighted by atomic mass is 16.1. The number of carbonyl (C=O) groups is 1. The Bertz CT molecular complexity index is 582. The molecule has 0 fully saturated rings. The number of carbonyl (C=O) groups excluding carboxylic acids is 1. The Morgan fingerprint density at radius 1 is 1.50 bits per heavy atom. The van der Waals surface area contributed by atoms with E-state index >= 15 is 0 Å². The third-order valence-corrected chi connectivity index (χ3v) is 2.68. The number of imidazole rings is 1. The molecule has 0 radical (unpaired) electrons. The van der Waals surface area contributed by atoms with E-state index in [2.05, 4.69) is 15.3 Å². The summed E-state index contributed by atoms with van der Waals surface area (Å²) in [7, 11) is 0. The molecular weight excluding hydrogens is 228 g/mol. The SMILES string of the molecule is N#CCCC(=O)NCCc1ccc2nc[nH]c2c1. The lowest BCUT2D eigenvalue weighted by Gasteiger charge is -2.04. The van der Waals surface area contributed by atoms with Gasteiger partial charge < -0.3 is 10.3 Å². The summed E-state index contributed by atoms with van der Waals surface area (Å²) in [5, 5.41) is 11.2. The maximum absolute atomic E-state index is 11.3. The van der Waals surface area contributed by atoms with E-state index in [-0.39, 0.29) is 18.7 Å². The number of amides is 1. The van der Waals surface area contributed by atoms with Crippen LogP contribution < -0.4 is 5.32 Å². The van der Waals surface area contributed by atoms with E-state index in [1.54, 1.807) is 6.33 Å². The first kappa shape index (κ1) is 12.1. The Morgan fingerprint density at radius 3 is 3.22 bits per heavy atom. The van der Waals surface area contributed by atoms with Crippen molar-refractivity contribution in [1.82, 2.24) is 15.3 Å².